The molecule has 118 valence electrons. The highest BCUT2D eigenvalue weighted by Gasteiger charge is 2.20. The zero-order chi connectivity index (χ0) is 15.5. The van der Waals surface area contributed by atoms with Crippen LogP contribution in [0.25, 0.3) is 0 Å². The standard InChI is InChI=1S/C10H15Cl2N5O3S/c11-8-13-9(12)15-10(14-8)17-5-3-16(4-6-17)2-1-7-21(18,19)20/h1-7H2,(H,18,19,20). The van der Waals surface area contributed by atoms with Gasteiger partial charge in [-0.15, -0.1) is 0 Å². The highest BCUT2D eigenvalue weighted by molar-refractivity contribution is 7.85. The van der Waals surface area contributed by atoms with Crippen LogP contribution in [0.5, 0.6) is 0 Å². The lowest BCUT2D eigenvalue weighted by molar-refractivity contribution is 0.257. The van der Waals surface area contributed by atoms with Crippen molar-refractivity contribution in [1.82, 2.24) is 19.9 Å². The van der Waals surface area contributed by atoms with Crippen LogP contribution in [0.4, 0.5) is 5.95 Å². The van der Waals surface area contributed by atoms with Gasteiger partial charge in [-0.3, -0.25) is 9.45 Å². The smallest absolute Gasteiger partial charge is 0.264 e. The topological polar surface area (TPSA) is 99.5 Å². The van der Waals surface area contributed by atoms with Crippen LogP contribution >= 0.6 is 23.2 Å². The summed E-state index contributed by atoms with van der Waals surface area (Å²) in [6.07, 6.45) is 0.405. The molecule has 0 radical (unpaired) electrons. The average molecular weight is 356 g/mol. The molecule has 1 aromatic heterocycles. The van der Waals surface area contributed by atoms with Crippen LogP contribution in [0.15, 0.2) is 0 Å². The van der Waals surface area contributed by atoms with E-state index in [1.54, 1.807) is 0 Å². The van der Waals surface area contributed by atoms with Crippen LogP contribution in [0.1, 0.15) is 6.42 Å². The molecule has 1 aliphatic rings. The molecule has 0 spiro atoms. The summed E-state index contributed by atoms with van der Waals surface area (Å²) in [6, 6.07) is 0. The predicted molar refractivity (Wildman–Crippen MR) is 79.5 cm³/mol. The van der Waals surface area contributed by atoms with E-state index in [1.807, 2.05) is 4.90 Å². The van der Waals surface area contributed by atoms with Crippen molar-refractivity contribution in [1.29, 1.82) is 0 Å². The van der Waals surface area contributed by atoms with Crippen LogP contribution in [-0.2, 0) is 10.1 Å². The Morgan fingerprint density at radius 2 is 1.62 bits per heavy atom. The quantitative estimate of drug-likeness (QED) is 0.765. The molecule has 1 aliphatic heterocycles. The molecule has 0 unspecified atom stereocenters. The number of hydrogen-bond donors (Lipinski definition) is 1. The summed E-state index contributed by atoms with van der Waals surface area (Å²) in [5, 5.41) is 0.112. The Labute approximate surface area is 132 Å². The van der Waals surface area contributed by atoms with E-state index in [1.165, 1.54) is 0 Å². The zero-order valence-electron chi connectivity index (χ0n) is 11.1. The third kappa shape index (κ3) is 5.51. The zero-order valence-corrected chi connectivity index (χ0v) is 13.4. The van der Waals surface area contributed by atoms with E-state index in [2.05, 4.69) is 19.9 Å². The monoisotopic (exact) mass is 355 g/mol. The Kier molecular flexibility index (Phi) is 5.55. The summed E-state index contributed by atoms with van der Waals surface area (Å²) in [5.41, 5.74) is 0. The van der Waals surface area contributed by atoms with Crippen molar-refractivity contribution in [3.05, 3.63) is 10.6 Å². The first kappa shape index (κ1) is 16.6. The molecule has 0 aliphatic carbocycles. The van der Waals surface area contributed by atoms with Crippen LogP contribution < -0.4 is 4.90 Å². The van der Waals surface area contributed by atoms with Gasteiger partial charge in [0.15, 0.2) is 0 Å². The Morgan fingerprint density at radius 1 is 1.05 bits per heavy atom. The molecule has 1 saturated heterocycles. The molecule has 0 amide bonds. The fourth-order valence-electron chi connectivity index (χ4n) is 2.10. The third-order valence-corrected chi connectivity index (χ3v) is 4.24. The van der Waals surface area contributed by atoms with Gasteiger partial charge in [-0.1, -0.05) is 0 Å². The molecule has 11 heteroatoms. The van der Waals surface area contributed by atoms with Gasteiger partial charge < -0.3 is 4.90 Å². The summed E-state index contributed by atoms with van der Waals surface area (Å²) in [4.78, 5) is 15.8. The van der Waals surface area contributed by atoms with Crippen molar-refractivity contribution in [3.63, 3.8) is 0 Å². The number of piperazine rings is 1. The van der Waals surface area contributed by atoms with Crippen LogP contribution in [0.2, 0.25) is 10.6 Å². The lowest BCUT2D eigenvalue weighted by Crippen LogP contribution is -2.47. The van der Waals surface area contributed by atoms with Gasteiger partial charge in [-0.2, -0.15) is 23.4 Å². The van der Waals surface area contributed by atoms with E-state index < -0.39 is 10.1 Å². The second-order valence-electron chi connectivity index (χ2n) is 4.64. The second kappa shape index (κ2) is 7.01. The van der Waals surface area contributed by atoms with Crippen molar-refractivity contribution in [2.24, 2.45) is 0 Å². The van der Waals surface area contributed by atoms with E-state index in [4.69, 9.17) is 27.8 Å². The molecular formula is C10H15Cl2N5O3S. The molecule has 2 heterocycles. The SMILES string of the molecule is O=S(=O)(O)CCCN1CCN(c2nc(Cl)nc(Cl)n2)CC1. The van der Waals surface area contributed by atoms with E-state index in [-0.39, 0.29) is 16.3 Å². The molecule has 1 fully saturated rings. The van der Waals surface area contributed by atoms with Crippen molar-refractivity contribution < 1.29 is 13.0 Å². The number of anilines is 1. The first-order chi connectivity index (χ1) is 9.83. The molecule has 0 bridgehead atoms. The van der Waals surface area contributed by atoms with Gasteiger partial charge in [0, 0.05) is 26.2 Å². The summed E-state index contributed by atoms with van der Waals surface area (Å²) in [5.74, 6) is 0.226. The average Bonchev–Trinajstić information content (AvgIpc) is 2.37. The fraction of sp³-hybridized carbons (Fsp3) is 0.700. The van der Waals surface area contributed by atoms with E-state index >= 15 is 0 Å². The largest absolute Gasteiger partial charge is 0.338 e. The van der Waals surface area contributed by atoms with Gasteiger partial charge in [-0.25, -0.2) is 0 Å². The maximum absolute atomic E-state index is 10.7. The molecule has 0 aromatic carbocycles. The van der Waals surface area contributed by atoms with Crippen molar-refractivity contribution in [3.8, 4) is 0 Å². The van der Waals surface area contributed by atoms with Gasteiger partial charge in [0.05, 0.1) is 5.75 Å². The predicted octanol–water partition coefficient (Wildman–Crippen LogP) is 0.578. The maximum Gasteiger partial charge on any atom is 0.264 e. The van der Waals surface area contributed by atoms with E-state index in [0.29, 0.717) is 32.0 Å². The van der Waals surface area contributed by atoms with E-state index in [9.17, 15) is 8.42 Å². The number of nitrogens with zero attached hydrogens (tertiary/aromatic N) is 5. The first-order valence-electron chi connectivity index (χ1n) is 6.33. The summed E-state index contributed by atoms with van der Waals surface area (Å²) in [6.45, 7) is 3.47. The molecule has 0 saturated carbocycles. The minimum Gasteiger partial charge on any atom is -0.338 e. The van der Waals surface area contributed by atoms with Crippen molar-refractivity contribution in [2.45, 2.75) is 6.42 Å². The molecule has 2 rings (SSSR count). The molecule has 1 aromatic rings. The Bertz CT molecular complexity index is 572. The van der Waals surface area contributed by atoms with Gasteiger partial charge >= 0.3 is 0 Å². The number of aromatic nitrogens is 3. The second-order valence-corrected chi connectivity index (χ2v) is 6.89. The highest BCUT2D eigenvalue weighted by atomic mass is 35.5. The minimum absolute atomic E-state index is 0.0561. The maximum atomic E-state index is 10.7. The summed E-state index contributed by atoms with van der Waals surface area (Å²) in [7, 11) is -3.88. The molecule has 1 N–H and O–H groups in total. The van der Waals surface area contributed by atoms with Gasteiger partial charge in [0.25, 0.3) is 10.1 Å². The van der Waals surface area contributed by atoms with Crippen LogP contribution in [-0.4, -0.2) is 71.3 Å². The Morgan fingerprint density at radius 3 is 2.14 bits per heavy atom. The fourth-order valence-corrected chi connectivity index (χ4v) is 2.95. The minimum atomic E-state index is -3.88. The lowest BCUT2D eigenvalue weighted by atomic mass is 10.3. The molecular weight excluding hydrogens is 341 g/mol. The normalized spacial score (nSPS) is 17.2. The van der Waals surface area contributed by atoms with Gasteiger partial charge in [0.1, 0.15) is 0 Å². The third-order valence-electron chi connectivity index (χ3n) is 3.10. The number of hydrogen-bond acceptors (Lipinski definition) is 7. The van der Waals surface area contributed by atoms with Crippen LogP contribution in [0.3, 0.4) is 0 Å². The number of rotatable bonds is 5. The van der Waals surface area contributed by atoms with E-state index in [0.717, 1.165) is 13.1 Å². The molecule has 0 atom stereocenters. The molecule has 8 nitrogen and oxygen atoms in total. The molecule has 21 heavy (non-hydrogen) atoms. The van der Waals surface area contributed by atoms with Gasteiger partial charge in [-0.05, 0) is 36.2 Å². The highest BCUT2D eigenvalue weighted by Crippen LogP contribution is 2.15. The van der Waals surface area contributed by atoms with Crippen LogP contribution in [0, 0.1) is 0 Å². The van der Waals surface area contributed by atoms with Crippen molar-refractivity contribution in [2.75, 3.05) is 43.4 Å². The number of halogens is 2. The Hall–Kier alpha value is -0.740. The van der Waals surface area contributed by atoms with Gasteiger partial charge in [0.2, 0.25) is 16.5 Å². The lowest BCUT2D eigenvalue weighted by Gasteiger charge is -2.34. The van der Waals surface area contributed by atoms with Crippen molar-refractivity contribution >= 4 is 39.3 Å². The Balaban J connectivity index is 1.83. The summed E-state index contributed by atoms with van der Waals surface area (Å²) < 4.78 is 30.0. The summed E-state index contributed by atoms with van der Waals surface area (Å²) >= 11 is 11.5. The first-order valence-corrected chi connectivity index (χ1v) is 8.69.